The van der Waals surface area contributed by atoms with Crippen LogP contribution in [0.4, 0.5) is 73.6 Å². The zero-order chi connectivity index (χ0) is 94.9. The minimum absolute atomic E-state index is 0. The fraction of sp³-hybridized carbons (Fsp3) is 0.409. The number of alkyl halides is 10. The molecule has 1 N–H and O–H groups in total. The van der Waals surface area contributed by atoms with Crippen LogP contribution in [0, 0.1) is 20.2 Å². The van der Waals surface area contributed by atoms with Crippen LogP contribution in [-0.4, -0.2) is 200 Å². The number of para-hydroxylation sites is 6. The first-order valence-corrected chi connectivity index (χ1v) is 43.1. The number of amides is 6. The topological polar surface area (TPSA) is 327 Å². The van der Waals surface area contributed by atoms with E-state index in [1.807, 2.05) is 29.2 Å². The summed E-state index contributed by atoms with van der Waals surface area (Å²) in [5.41, 5.74) is 5.59. The molecule has 6 heterocycles. The third-order valence-corrected chi connectivity index (χ3v) is 25.6. The number of esters is 2. The molecule has 8 aromatic rings. The summed E-state index contributed by atoms with van der Waals surface area (Å²) in [4.78, 5) is 159. The average molecular weight is 1910 g/mol. The molecule has 8 aromatic carbocycles. The highest BCUT2D eigenvalue weighted by atomic mass is 79.9. The van der Waals surface area contributed by atoms with E-state index in [4.69, 9.17) is 16.3 Å². The smallest absolute Gasteiger partial charge is 0.459 e. The minimum Gasteiger partial charge on any atom is -0.459 e. The van der Waals surface area contributed by atoms with Crippen molar-refractivity contribution in [3.8, 4) is 0 Å². The SMILES string of the molecule is BrC1Cc2cccc3cccc1c23.C.CC1(N2C(=O)C(=O)Cc3ccccc32)CCN(C(=O)C(F)(F)F)CC1.CC1(N2C(=O)C(=O)Cc3ccccc32)CCN(C2Cc3cccc4cccc2c34)CC1.CC1(Nc2ccccc2[N+](=O)[O-])CCN(C(=O)C(F)(F)F)CC1.CCOC(=O)C(=O)Cl.CCOC(=O)C(=O)N(c1ccccc1[N+](=O)[O-])C1(C)CCN(C(=O)C(F)(F)F)CC1. The van der Waals surface area contributed by atoms with Crippen LogP contribution >= 0.6 is 27.5 Å². The summed E-state index contributed by atoms with van der Waals surface area (Å²) < 4.78 is 122. The van der Waals surface area contributed by atoms with Crippen LogP contribution in [0.3, 0.4) is 0 Å². The normalized spacial score (nSPS) is 18.5. The van der Waals surface area contributed by atoms with Gasteiger partial charge < -0.3 is 29.5 Å². The van der Waals surface area contributed by atoms with Gasteiger partial charge in [-0.05, 0) is 197 Å². The maximum atomic E-state index is 13.0. The van der Waals surface area contributed by atoms with E-state index < -0.39 is 103 Å². The molecule has 2 atom stereocenters. The Bertz CT molecular complexity index is 5680. The van der Waals surface area contributed by atoms with Gasteiger partial charge in [0.05, 0.1) is 23.1 Å². The average Bonchev–Trinajstić information content (AvgIpc) is 1.74. The van der Waals surface area contributed by atoms with Crippen molar-refractivity contribution >= 4 is 147 Å². The predicted molar refractivity (Wildman–Crippen MR) is 473 cm³/mol. The van der Waals surface area contributed by atoms with Gasteiger partial charge in [-0.25, -0.2) is 9.59 Å². The maximum absolute atomic E-state index is 13.0. The Hall–Kier alpha value is -12.2. The summed E-state index contributed by atoms with van der Waals surface area (Å²) in [6.07, 6.45) is -10.0. The number of fused-ring (bicyclic) bond motifs is 2. The van der Waals surface area contributed by atoms with Gasteiger partial charge in [-0.1, -0.05) is 157 Å². The molecule has 8 aliphatic rings. The molecule has 2 unspecified atom stereocenters. The minimum atomic E-state index is -5.04. The molecule has 131 heavy (non-hydrogen) atoms. The molecule has 6 amide bonds. The van der Waals surface area contributed by atoms with Crippen LogP contribution in [0.2, 0.25) is 0 Å². The van der Waals surface area contributed by atoms with Gasteiger partial charge in [-0.2, -0.15) is 39.5 Å². The number of nitro groups is 2. The van der Waals surface area contributed by atoms with Crippen LogP contribution in [0.1, 0.15) is 145 Å². The lowest BCUT2D eigenvalue weighted by atomic mass is 9.83. The molecule has 698 valence electrons. The predicted octanol–water partition coefficient (Wildman–Crippen LogP) is 16.7. The summed E-state index contributed by atoms with van der Waals surface area (Å²) in [5, 5.41) is 30.0. The van der Waals surface area contributed by atoms with Crippen LogP contribution in [0.25, 0.3) is 21.5 Å². The molecule has 6 aliphatic heterocycles. The number of nitrogens with one attached hydrogen (secondary N) is 1. The van der Waals surface area contributed by atoms with Crippen molar-refractivity contribution in [3.63, 3.8) is 0 Å². The molecule has 0 spiro atoms. The van der Waals surface area contributed by atoms with Gasteiger partial charge in [0.25, 0.3) is 23.2 Å². The van der Waals surface area contributed by atoms with Gasteiger partial charge in [-0.3, -0.25) is 83.0 Å². The quantitative estimate of drug-likeness (QED) is 0.0226. The van der Waals surface area contributed by atoms with Crippen LogP contribution < -0.4 is 20.0 Å². The van der Waals surface area contributed by atoms with Gasteiger partial charge in [0.1, 0.15) is 11.4 Å². The second-order valence-electron chi connectivity index (χ2n) is 33.3. The molecule has 0 saturated carbocycles. The van der Waals surface area contributed by atoms with Gasteiger partial charge >= 0.3 is 59.3 Å². The number of hydrogen-bond donors (Lipinski definition) is 1. The van der Waals surface area contributed by atoms with E-state index in [-0.39, 0.29) is 140 Å². The molecule has 38 heteroatoms. The molecule has 2 aliphatic carbocycles. The van der Waals surface area contributed by atoms with Crippen molar-refractivity contribution in [3.05, 3.63) is 223 Å². The molecule has 0 aromatic heterocycles. The zero-order valence-corrected chi connectivity index (χ0v) is 73.8. The number of nitro benzene ring substituents is 2. The molecule has 27 nitrogen and oxygen atoms in total. The van der Waals surface area contributed by atoms with Gasteiger partial charge in [-0.15, -0.1) is 0 Å². The highest BCUT2D eigenvalue weighted by Crippen LogP contribution is 2.47. The van der Waals surface area contributed by atoms with E-state index in [1.165, 1.54) is 92.9 Å². The van der Waals surface area contributed by atoms with Crippen LogP contribution in [0.15, 0.2) is 170 Å². The summed E-state index contributed by atoms with van der Waals surface area (Å²) in [6, 6.07) is 53.0. The number of nitrogens with zero attached hydrogens (tertiary/aromatic N) is 9. The number of carbonyl (C=O) groups is 11. The molecule has 16 rings (SSSR count). The molecule has 4 fully saturated rings. The number of piperidine rings is 4. The number of rotatable bonds is 12. The van der Waals surface area contributed by atoms with Crippen LogP contribution in [-0.2, 0) is 87.9 Å². The summed E-state index contributed by atoms with van der Waals surface area (Å²) in [6.45, 7) is 11.1. The number of anilines is 4. The van der Waals surface area contributed by atoms with Gasteiger partial charge in [0.15, 0.2) is 0 Å². The molecule has 0 bridgehead atoms. The Morgan fingerprint density at radius 2 is 0.855 bits per heavy atom. The van der Waals surface area contributed by atoms with Crippen molar-refractivity contribution in [2.75, 3.05) is 85.6 Å². The van der Waals surface area contributed by atoms with E-state index in [0.29, 0.717) is 27.1 Å². The Morgan fingerprint density at radius 1 is 0.481 bits per heavy atom. The molecule has 4 saturated heterocycles. The lowest BCUT2D eigenvalue weighted by Crippen LogP contribution is -2.60. The molecular weight excluding hydrogens is 1820 g/mol. The Balaban J connectivity index is 0.000000169. The first-order valence-electron chi connectivity index (χ1n) is 41.8. The fourth-order valence-electron chi connectivity index (χ4n) is 17.7. The first-order chi connectivity index (χ1) is 61.3. The lowest BCUT2D eigenvalue weighted by molar-refractivity contribution is -0.384. The third-order valence-electron chi connectivity index (χ3n) is 24.6. The first kappa shape index (κ1) is 101. The lowest BCUT2D eigenvalue weighted by Gasteiger charge is -2.49. The number of Topliss-reactive ketones (excluding diaryl/α,β-unsaturated/α-hetero) is 2. The number of halogens is 11. The summed E-state index contributed by atoms with van der Waals surface area (Å²) in [5.74, 6) is -10.9. The van der Waals surface area contributed by atoms with Crippen LogP contribution in [0.5, 0.6) is 0 Å². The monoisotopic (exact) mass is 1910 g/mol. The largest absolute Gasteiger partial charge is 0.471 e. The Kier molecular flexibility index (Phi) is 31.9. The third kappa shape index (κ3) is 22.9. The van der Waals surface area contributed by atoms with E-state index in [0.717, 1.165) is 76.4 Å². The number of carbonyl (C=O) groups excluding carboxylic acids is 11. The number of benzene rings is 8. The number of likely N-dealkylation sites (tertiary alicyclic amines) is 4. The zero-order valence-electron chi connectivity index (χ0n) is 71.5. The molecule has 0 radical (unpaired) electrons. The van der Waals surface area contributed by atoms with Gasteiger partial charge in [0, 0.05) is 122 Å². The Labute approximate surface area is 761 Å². The fourth-order valence-corrected chi connectivity index (χ4v) is 18.5. The van der Waals surface area contributed by atoms with E-state index in [9.17, 15) is 112 Å². The van der Waals surface area contributed by atoms with Crippen molar-refractivity contribution in [2.45, 2.75) is 178 Å². The summed E-state index contributed by atoms with van der Waals surface area (Å²) in [7, 11) is 0. The van der Waals surface area contributed by atoms with Crippen molar-refractivity contribution in [1.82, 2.24) is 19.6 Å². The number of ketones is 2. The number of ether oxygens (including phenoxy) is 2. The van der Waals surface area contributed by atoms with E-state index in [2.05, 4.69) is 111 Å². The van der Waals surface area contributed by atoms with Gasteiger partial charge in [0.2, 0.25) is 11.6 Å². The van der Waals surface area contributed by atoms with Crippen molar-refractivity contribution < 1.29 is 112 Å². The van der Waals surface area contributed by atoms with E-state index in [1.54, 1.807) is 57.2 Å². The van der Waals surface area contributed by atoms with E-state index >= 15 is 0 Å². The second kappa shape index (κ2) is 41.5. The van der Waals surface area contributed by atoms with Crippen molar-refractivity contribution in [2.24, 2.45) is 0 Å². The maximum Gasteiger partial charge on any atom is 0.471 e. The summed E-state index contributed by atoms with van der Waals surface area (Å²) >= 11 is 8.41. The molecular formula is C93H97BrClF9N10O17. The highest BCUT2D eigenvalue weighted by molar-refractivity contribution is 9.09. The standard InChI is InChI=1S/C27H26N2O2.C18H20F3N3O6.C17H17F3N2O3.C14H16F3N3O3.C12H9Br.C4H5ClO3.CH4/c1-27(29-22-11-3-2-6-19(22)17-24(30)26(29)31)12-14-28(15-13-27)23-16-20-9-4-7-18-8-5-10-21(23)25(18)20;1-3-30-15(26)14(25)23(12-6-4-5-7-13(12)24(28)29)17(2)8-10-22(11-9-17)16(27)18(19,20)21;1-16(6-8-21(9-7-16)15(25)17(18,19)20)22-12-5-3-2-4-11(12)10-13(23)14(22)24;1-13(18-10-4-2-3-5-11(10)20(22)23)6-8-19(9-7-13)12(21)14(15,16)17;13-11-7-9-5-1-3-8-4-2-6-10(11)12(8)9;1-2-8-4(7)3(5)6;/h2-11,23H,12-17H2,1H3;4-7H,3,8-11H2,1-2H3;2-5H,6-10H2,1H3;2-5,18H,6-9H2,1H3;1-6,11H,7H2;2H2,1H3;1H4. The Morgan fingerprint density at radius 3 is 1.30 bits per heavy atom. The second-order valence-corrected chi connectivity index (χ2v) is 34.8. The van der Waals surface area contributed by atoms with Crippen molar-refractivity contribution in [1.29, 1.82) is 0 Å². The highest BCUT2D eigenvalue weighted by Gasteiger charge is 2.53. The number of hydrogen-bond acceptors (Lipinski definition) is 19.